The summed E-state index contributed by atoms with van der Waals surface area (Å²) in [6, 6.07) is 6.34. The summed E-state index contributed by atoms with van der Waals surface area (Å²) in [5.74, 6) is 0.124. The number of hydrogen-bond acceptors (Lipinski definition) is 6. The summed E-state index contributed by atoms with van der Waals surface area (Å²) in [5.41, 5.74) is 6.85. The Morgan fingerprint density at radius 1 is 1.27 bits per heavy atom. The molecule has 0 aliphatic carbocycles. The lowest BCUT2D eigenvalue weighted by Gasteiger charge is -2.05. The number of sulfonamides is 1. The van der Waals surface area contributed by atoms with E-state index in [1.807, 2.05) is 6.92 Å². The molecule has 0 bridgehead atoms. The largest absolute Gasteiger partial charge is 0.480 e. The number of nitrogens with zero attached hydrogens (tertiary/aromatic N) is 3. The van der Waals surface area contributed by atoms with Crippen molar-refractivity contribution in [2.45, 2.75) is 11.8 Å². The number of ether oxygens (including phenoxy) is 1. The van der Waals surface area contributed by atoms with E-state index in [4.69, 9.17) is 10.5 Å². The van der Waals surface area contributed by atoms with Crippen LogP contribution in [0.15, 0.2) is 46.7 Å². The van der Waals surface area contributed by atoms with Gasteiger partial charge in [-0.1, -0.05) is 17.7 Å². The lowest BCUT2D eigenvalue weighted by molar-refractivity contribution is 0.395. The predicted molar refractivity (Wildman–Crippen MR) is 80.8 cm³/mol. The quantitative estimate of drug-likeness (QED) is 0.467. The maximum absolute atomic E-state index is 12.1. The third-order valence-electron chi connectivity index (χ3n) is 2.70. The number of nitrogens with two attached hydrogens (primary N) is 1. The molecule has 1 aromatic carbocycles. The first-order valence-electron chi connectivity index (χ1n) is 6.20. The second-order valence-corrected chi connectivity index (χ2v) is 6.01. The van der Waals surface area contributed by atoms with Crippen LogP contribution in [0.3, 0.4) is 0 Å². The first-order valence-corrected chi connectivity index (χ1v) is 7.69. The Bertz CT molecular complexity index is 788. The smallest absolute Gasteiger partial charge is 0.276 e. The van der Waals surface area contributed by atoms with Gasteiger partial charge in [0.2, 0.25) is 5.88 Å². The molecule has 2 rings (SSSR count). The summed E-state index contributed by atoms with van der Waals surface area (Å²) in [4.78, 5) is 10.0. The summed E-state index contributed by atoms with van der Waals surface area (Å²) in [6.45, 7) is 1.86. The molecule has 8 nitrogen and oxygen atoms in total. The molecule has 3 N–H and O–H groups in total. The van der Waals surface area contributed by atoms with Gasteiger partial charge in [-0.05, 0) is 19.1 Å². The average Bonchev–Trinajstić information content (AvgIpc) is 2.53. The van der Waals surface area contributed by atoms with E-state index in [2.05, 4.69) is 19.9 Å². The predicted octanol–water partition coefficient (Wildman–Crippen LogP) is 0.392. The number of aryl methyl sites for hydroxylation is 1. The van der Waals surface area contributed by atoms with Gasteiger partial charge in [0.25, 0.3) is 10.0 Å². The highest BCUT2D eigenvalue weighted by Gasteiger charge is 2.13. The Balaban J connectivity index is 2.20. The second-order valence-electron chi connectivity index (χ2n) is 4.35. The lowest BCUT2D eigenvalue weighted by atomic mass is 10.2. The topological polar surface area (TPSA) is 120 Å². The molecule has 0 unspecified atom stereocenters. The molecule has 0 aliphatic rings. The summed E-state index contributed by atoms with van der Waals surface area (Å²) in [6.07, 6.45) is 2.74. The van der Waals surface area contributed by atoms with Gasteiger partial charge >= 0.3 is 0 Å². The monoisotopic (exact) mass is 321 g/mol. The molecule has 0 amide bonds. The second kappa shape index (κ2) is 6.39. The zero-order chi connectivity index (χ0) is 16.2. The summed E-state index contributed by atoms with van der Waals surface area (Å²) in [7, 11) is -2.36. The fourth-order valence-corrected chi connectivity index (χ4v) is 2.32. The number of nitrogens with one attached hydrogen (secondary N) is 1. The van der Waals surface area contributed by atoms with Gasteiger partial charge < -0.3 is 10.5 Å². The van der Waals surface area contributed by atoms with Gasteiger partial charge in [-0.2, -0.15) is 13.2 Å². The first kappa shape index (κ1) is 15.7. The van der Waals surface area contributed by atoms with Gasteiger partial charge in [-0.3, -0.25) is 4.98 Å². The molecular weight excluding hydrogens is 306 g/mol. The normalized spacial score (nSPS) is 12.0. The van der Waals surface area contributed by atoms with Crippen LogP contribution < -0.4 is 15.3 Å². The standard InChI is InChI=1S/C13H15N5O3S/c1-9-3-5-10(6-4-9)22(19,20)18-17-13(14)11-7-15-8-12(16-11)21-2/h3-8,18H,1-2H3,(H2,14,17). The van der Waals surface area contributed by atoms with Crippen molar-refractivity contribution in [3.05, 3.63) is 47.9 Å². The van der Waals surface area contributed by atoms with E-state index >= 15 is 0 Å². The molecule has 0 radical (unpaired) electrons. The molecule has 1 heterocycles. The number of hydrazone groups is 1. The van der Waals surface area contributed by atoms with E-state index < -0.39 is 10.0 Å². The molecule has 1 aromatic heterocycles. The maximum Gasteiger partial charge on any atom is 0.276 e. The Kier molecular flexibility index (Phi) is 4.56. The third kappa shape index (κ3) is 3.70. The van der Waals surface area contributed by atoms with E-state index in [1.54, 1.807) is 12.1 Å². The van der Waals surface area contributed by atoms with E-state index in [9.17, 15) is 8.42 Å². The SMILES string of the molecule is COc1cncc(/C(N)=N/NS(=O)(=O)c2ccc(C)cc2)n1. The van der Waals surface area contributed by atoms with Crippen LogP contribution in [-0.2, 0) is 10.0 Å². The minimum Gasteiger partial charge on any atom is -0.480 e. The number of aromatic nitrogens is 2. The fourth-order valence-electron chi connectivity index (χ4n) is 1.51. The van der Waals surface area contributed by atoms with Crippen molar-refractivity contribution in [3.63, 3.8) is 0 Å². The lowest BCUT2D eigenvalue weighted by Crippen LogP contribution is -2.25. The molecule has 9 heteroatoms. The highest BCUT2D eigenvalue weighted by Crippen LogP contribution is 2.10. The molecule has 0 aliphatic heterocycles. The van der Waals surface area contributed by atoms with E-state index in [1.165, 1.54) is 31.6 Å². The van der Waals surface area contributed by atoms with Gasteiger partial charge in [0.05, 0.1) is 24.4 Å². The van der Waals surface area contributed by atoms with Crippen molar-refractivity contribution in [2.24, 2.45) is 10.8 Å². The van der Waals surface area contributed by atoms with Crippen molar-refractivity contribution in [3.8, 4) is 5.88 Å². The zero-order valence-electron chi connectivity index (χ0n) is 12.0. The van der Waals surface area contributed by atoms with Crippen molar-refractivity contribution in [1.82, 2.24) is 14.8 Å². The molecule has 0 fully saturated rings. The van der Waals surface area contributed by atoms with Gasteiger partial charge in [0.15, 0.2) is 5.84 Å². The van der Waals surface area contributed by atoms with E-state index in [-0.39, 0.29) is 22.3 Å². The fraction of sp³-hybridized carbons (Fsp3) is 0.154. The number of methoxy groups -OCH3 is 1. The van der Waals surface area contributed by atoms with Crippen molar-refractivity contribution >= 4 is 15.9 Å². The minimum atomic E-state index is -3.79. The van der Waals surface area contributed by atoms with Crippen molar-refractivity contribution in [1.29, 1.82) is 0 Å². The van der Waals surface area contributed by atoms with Crippen LogP contribution in [0.25, 0.3) is 0 Å². The van der Waals surface area contributed by atoms with Crippen LogP contribution in [-0.4, -0.2) is 31.3 Å². The minimum absolute atomic E-state index is 0.0892. The number of amidine groups is 1. The summed E-state index contributed by atoms with van der Waals surface area (Å²) >= 11 is 0. The summed E-state index contributed by atoms with van der Waals surface area (Å²) in [5, 5.41) is 3.64. The van der Waals surface area contributed by atoms with Gasteiger partial charge in [0, 0.05) is 0 Å². The highest BCUT2D eigenvalue weighted by molar-refractivity contribution is 7.89. The Hall–Kier alpha value is -2.68. The molecule has 0 spiro atoms. The van der Waals surface area contributed by atoms with Gasteiger partial charge in [0.1, 0.15) is 5.69 Å². The molecule has 0 atom stereocenters. The molecule has 116 valence electrons. The van der Waals surface area contributed by atoms with Crippen LogP contribution in [0.4, 0.5) is 0 Å². The third-order valence-corrected chi connectivity index (χ3v) is 3.93. The Morgan fingerprint density at radius 2 is 1.95 bits per heavy atom. The van der Waals surface area contributed by atoms with Crippen molar-refractivity contribution < 1.29 is 13.2 Å². The number of hydrogen-bond donors (Lipinski definition) is 2. The molecule has 0 saturated carbocycles. The first-order chi connectivity index (χ1) is 10.4. The van der Waals surface area contributed by atoms with Crippen LogP contribution in [0.5, 0.6) is 5.88 Å². The molecule has 2 aromatic rings. The molecule has 22 heavy (non-hydrogen) atoms. The van der Waals surface area contributed by atoms with Gasteiger partial charge in [-0.15, -0.1) is 5.10 Å². The number of benzene rings is 1. The van der Waals surface area contributed by atoms with Gasteiger partial charge in [-0.25, -0.2) is 4.98 Å². The summed E-state index contributed by atoms with van der Waals surface area (Å²) < 4.78 is 29.0. The van der Waals surface area contributed by atoms with Crippen LogP contribution in [0, 0.1) is 6.92 Å². The van der Waals surface area contributed by atoms with Crippen LogP contribution >= 0.6 is 0 Å². The van der Waals surface area contributed by atoms with Crippen molar-refractivity contribution in [2.75, 3.05) is 7.11 Å². The van der Waals surface area contributed by atoms with Crippen LogP contribution in [0.2, 0.25) is 0 Å². The Morgan fingerprint density at radius 3 is 2.59 bits per heavy atom. The van der Waals surface area contributed by atoms with E-state index in [0.29, 0.717) is 0 Å². The molecular formula is C13H15N5O3S. The highest BCUT2D eigenvalue weighted by atomic mass is 32.2. The molecule has 0 saturated heterocycles. The Labute approximate surface area is 128 Å². The maximum atomic E-state index is 12.1. The zero-order valence-corrected chi connectivity index (χ0v) is 12.8. The number of rotatable bonds is 5. The van der Waals surface area contributed by atoms with Crippen LogP contribution in [0.1, 0.15) is 11.3 Å². The average molecular weight is 321 g/mol. The van der Waals surface area contributed by atoms with E-state index in [0.717, 1.165) is 5.56 Å².